The molecule has 1 saturated heterocycles. The SMILES string of the molecule is CSCC[C@@H]1NC(=O)[C@H](Cc2c[nH]c3ccccc23)NC(=O)[C@H](CC(=O)O)NC(=O)[C@@H](Cc2ccccc2)NC(=O)[C@H](CC(=O)O)NC1=O. The maximum absolute atomic E-state index is 13.9. The number of H-pyrrole nitrogens is 1. The van der Waals surface area contributed by atoms with Crippen molar-refractivity contribution < 1.29 is 43.8 Å². The number of hydrogen-bond acceptors (Lipinski definition) is 8. The number of hydrogen-bond donors (Lipinski definition) is 8. The van der Waals surface area contributed by atoms with E-state index in [4.69, 9.17) is 0 Å². The maximum Gasteiger partial charge on any atom is 0.305 e. The second-order valence-corrected chi connectivity index (χ2v) is 12.5. The highest BCUT2D eigenvalue weighted by Gasteiger charge is 2.36. The van der Waals surface area contributed by atoms with E-state index in [1.807, 2.05) is 18.2 Å². The van der Waals surface area contributed by atoms with E-state index < -0.39 is 84.5 Å². The zero-order chi connectivity index (χ0) is 35.5. The van der Waals surface area contributed by atoms with Crippen molar-refractivity contribution in [1.82, 2.24) is 31.6 Å². The molecule has 260 valence electrons. The molecule has 16 heteroatoms. The molecule has 5 atom stereocenters. The summed E-state index contributed by atoms with van der Waals surface area (Å²) in [7, 11) is 0. The predicted molar refractivity (Wildman–Crippen MR) is 179 cm³/mol. The molecule has 2 heterocycles. The van der Waals surface area contributed by atoms with Gasteiger partial charge in [0.15, 0.2) is 0 Å². The first-order chi connectivity index (χ1) is 23.4. The van der Waals surface area contributed by atoms with Crippen LogP contribution < -0.4 is 26.6 Å². The normalized spacial score (nSPS) is 22.5. The van der Waals surface area contributed by atoms with Crippen LogP contribution in [0.2, 0.25) is 0 Å². The molecular weight excluding hydrogens is 656 g/mol. The third-order valence-electron chi connectivity index (χ3n) is 7.91. The number of rotatable bonds is 11. The number of fused-ring (bicyclic) bond motifs is 1. The van der Waals surface area contributed by atoms with Gasteiger partial charge >= 0.3 is 11.9 Å². The topological polar surface area (TPSA) is 236 Å². The summed E-state index contributed by atoms with van der Waals surface area (Å²) in [6.07, 6.45) is 1.64. The molecule has 0 spiro atoms. The van der Waals surface area contributed by atoms with Gasteiger partial charge < -0.3 is 41.8 Å². The molecule has 0 saturated carbocycles. The zero-order valence-electron chi connectivity index (χ0n) is 26.6. The monoisotopic (exact) mass is 694 g/mol. The number of para-hydroxylation sites is 1. The number of carbonyl (C=O) groups is 7. The summed E-state index contributed by atoms with van der Waals surface area (Å²) in [5.41, 5.74) is 1.99. The van der Waals surface area contributed by atoms with Crippen molar-refractivity contribution in [2.24, 2.45) is 0 Å². The first-order valence-electron chi connectivity index (χ1n) is 15.5. The molecule has 8 N–H and O–H groups in total. The number of nitrogens with one attached hydrogen (secondary N) is 6. The van der Waals surface area contributed by atoms with Gasteiger partial charge in [-0.15, -0.1) is 0 Å². The van der Waals surface area contributed by atoms with Gasteiger partial charge in [0.1, 0.15) is 30.2 Å². The fraction of sp³-hybridized carbons (Fsp3) is 0.364. The van der Waals surface area contributed by atoms with Gasteiger partial charge in [0.05, 0.1) is 12.8 Å². The van der Waals surface area contributed by atoms with E-state index in [1.54, 1.807) is 48.9 Å². The van der Waals surface area contributed by atoms with E-state index in [0.29, 0.717) is 16.9 Å². The Balaban J connectivity index is 1.77. The largest absolute Gasteiger partial charge is 0.481 e. The molecule has 2 aromatic carbocycles. The highest BCUT2D eigenvalue weighted by atomic mass is 32.2. The van der Waals surface area contributed by atoms with E-state index in [0.717, 1.165) is 10.9 Å². The van der Waals surface area contributed by atoms with E-state index in [9.17, 15) is 43.8 Å². The molecule has 0 unspecified atom stereocenters. The van der Waals surface area contributed by atoms with Crippen LogP contribution in [0.25, 0.3) is 10.9 Å². The average Bonchev–Trinajstić information content (AvgIpc) is 3.47. The molecule has 0 aliphatic carbocycles. The average molecular weight is 695 g/mol. The fourth-order valence-corrected chi connectivity index (χ4v) is 5.89. The standard InChI is InChI=1S/C33H38N6O9S/c1-49-12-11-22-29(44)38-25(15-27(40)41)32(47)36-23(13-18-7-3-2-4-8-18)30(45)39-26(16-28(42)43)33(48)37-24(31(46)35-22)14-19-17-34-21-10-6-5-9-20(19)21/h2-10,17,22-26,34H,11-16H2,1H3,(H,35,46)(H,36,47)(H,37,48)(H,38,44)(H,39,45)(H,40,41)(H,42,43)/t22-,23+,24-,25-,26-/m0/s1. The number of carboxylic acid groups (broad SMARTS) is 2. The lowest BCUT2D eigenvalue weighted by molar-refractivity contribution is -0.141. The Hall–Kier alpha value is -5.38. The summed E-state index contributed by atoms with van der Waals surface area (Å²) in [6.45, 7) is 0. The molecule has 3 aromatic rings. The van der Waals surface area contributed by atoms with Crippen LogP contribution in [0, 0.1) is 0 Å². The van der Waals surface area contributed by atoms with Crippen LogP contribution in [-0.4, -0.2) is 98.9 Å². The Bertz CT molecular complexity index is 1700. The molecule has 1 aliphatic rings. The van der Waals surface area contributed by atoms with Crippen molar-refractivity contribution in [2.45, 2.75) is 62.3 Å². The van der Waals surface area contributed by atoms with E-state index >= 15 is 0 Å². The van der Waals surface area contributed by atoms with E-state index in [2.05, 4.69) is 31.6 Å². The number of carboxylic acids is 2. The van der Waals surface area contributed by atoms with Gasteiger partial charge in [0.25, 0.3) is 0 Å². The lowest BCUT2D eigenvalue weighted by atomic mass is 10.0. The second-order valence-electron chi connectivity index (χ2n) is 11.5. The molecule has 1 fully saturated rings. The summed E-state index contributed by atoms with van der Waals surface area (Å²) in [5.74, 6) is -7.01. The number of amides is 5. The van der Waals surface area contributed by atoms with Gasteiger partial charge in [-0.2, -0.15) is 11.8 Å². The Morgan fingerprint density at radius 1 is 0.633 bits per heavy atom. The van der Waals surface area contributed by atoms with Gasteiger partial charge in [-0.25, -0.2) is 0 Å². The third kappa shape index (κ3) is 10.3. The Labute approximate surface area is 285 Å². The van der Waals surface area contributed by atoms with Crippen LogP contribution in [0.3, 0.4) is 0 Å². The van der Waals surface area contributed by atoms with Crippen molar-refractivity contribution in [3.63, 3.8) is 0 Å². The summed E-state index contributed by atoms with van der Waals surface area (Å²) < 4.78 is 0. The summed E-state index contributed by atoms with van der Waals surface area (Å²) in [6, 6.07) is 8.41. The van der Waals surface area contributed by atoms with Gasteiger partial charge in [-0.3, -0.25) is 33.6 Å². The van der Waals surface area contributed by atoms with Crippen molar-refractivity contribution in [3.8, 4) is 0 Å². The van der Waals surface area contributed by atoms with Crippen LogP contribution in [0.15, 0.2) is 60.8 Å². The van der Waals surface area contributed by atoms with Crippen molar-refractivity contribution in [1.29, 1.82) is 0 Å². The van der Waals surface area contributed by atoms with Crippen LogP contribution >= 0.6 is 11.8 Å². The number of thioether (sulfide) groups is 1. The number of aliphatic carboxylic acids is 2. The number of carbonyl (C=O) groups excluding carboxylic acids is 5. The Morgan fingerprint density at radius 3 is 1.67 bits per heavy atom. The smallest absolute Gasteiger partial charge is 0.305 e. The first kappa shape index (κ1) is 36.5. The van der Waals surface area contributed by atoms with Crippen LogP contribution in [0.4, 0.5) is 0 Å². The molecule has 15 nitrogen and oxygen atoms in total. The lowest BCUT2D eigenvalue weighted by Gasteiger charge is -2.25. The lowest BCUT2D eigenvalue weighted by Crippen LogP contribution is -2.58. The van der Waals surface area contributed by atoms with Gasteiger partial charge in [0.2, 0.25) is 29.5 Å². The van der Waals surface area contributed by atoms with Crippen LogP contribution in [0.5, 0.6) is 0 Å². The summed E-state index contributed by atoms with van der Waals surface area (Å²) in [4.78, 5) is 95.0. The minimum Gasteiger partial charge on any atom is -0.481 e. The third-order valence-corrected chi connectivity index (χ3v) is 8.56. The molecular formula is C33H38N6O9S. The van der Waals surface area contributed by atoms with Crippen molar-refractivity contribution >= 4 is 64.1 Å². The first-order valence-corrected chi connectivity index (χ1v) is 16.9. The van der Waals surface area contributed by atoms with E-state index in [-0.39, 0.29) is 19.3 Å². The molecule has 0 radical (unpaired) electrons. The quantitative estimate of drug-likeness (QED) is 0.135. The zero-order valence-corrected chi connectivity index (χ0v) is 27.4. The fourth-order valence-electron chi connectivity index (χ4n) is 5.42. The van der Waals surface area contributed by atoms with Crippen molar-refractivity contribution in [3.05, 3.63) is 71.9 Å². The predicted octanol–water partition coefficient (Wildman–Crippen LogP) is 0.0932. The van der Waals surface area contributed by atoms with E-state index in [1.165, 1.54) is 11.8 Å². The van der Waals surface area contributed by atoms with Gasteiger partial charge in [0, 0.05) is 29.9 Å². The van der Waals surface area contributed by atoms with Gasteiger partial charge in [-0.1, -0.05) is 48.5 Å². The van der Waals surface area contributed by atoms with Gasteiger partial charge in [-0.05, 0) is 35.6 Å². The number of aromatic amines is 1. The summed E-state index contributed by atoms with van der Waals surface area (Å²) in [5, 5.41) is 32.4. The Morgan fingerprint density at radius 2 is 1.10 bits per heavy atom. The maximum atomic E-state index is 13.9. The Kier molecular flexibility index (Phi) is 12.8. The molecule has 49 heavy (non-hydrogen) atoms. The molecule has 1 aromatic heterocycles. The summed E-state index contributed by atoms with van der Waals surface area (Å²) >= 11 is 1.38. The molecule has 1 aliphatic heterocycles. The number of aromatic nitrogens is 1. The van der Waals surface area contributed by atoms with Crippen molar-refractivity contribution in [2.75, 3.05) is 12.0 Å². The van der Waals surface area contributed by atoms with Crippen LogP contribution in [-0.2, 0) is 46.4 Å². The highest BCUT2D eigenvalue weighted by molar-refractivity contribution is 7.98. The number of benzene rings is 2. The second kappa shape index (κ2) is 17.1. The minimum absolute atomic E-state index is 0.0789. The molecule has 0 bridgehead atoms. The highest BCUT2D eigenvalue weighted by Crippen LogP contribution is 2.20. The minimum atomic E-state index is -1.68. The molecule has 4 rings (SSSR count). The van der Waals surface area contributed by atoms with Crippen LogP contribution in [0.1, 0.15) is 30.4 Å². The molecule has 5 amide bonds.